The molecule has 0 radical (unpaired) electrons. The number of rotatable bonds is 9. The topological polar surface area (TPSA) is 79.3 Å². The molecule has 0 saturated carbocycles. The van der Waals surface area contributed by atoms with Gasteiger partial charge in [0.2, 0.25) is 0 Å². The number of carboxylic acid groups (broad SMARTS) is 1. The van der Waals surface area contributed by atoms with E-state index < -0.39 is 5.97 Å². The zero-order valence-electron chi connectivity index (χ0n) is 13.1. The molecular formula is C18H22N2O3. The molecule has 1 aromatic heterocycles. The van der Waals surface area contributed by atoms with Crippen LogP contribution in [-0.2, 0) is 4.79 Å². The number of hydrogen-bond acceptors (Lipinski definition) is 3. The summed E-state index contributed by atoms with van der Waals surface area (Å²) in [6.45, 7) is 0.617. The molecule has 2 aromatic rings. The van der Waals surface area contributed by atoms with E-state index >= 15 is 0 Å². The Morgan fingerprint density at radius 2 is 1.70 bits per heavy atom. The van der Waals surface area contributed by atoms with Gasteiger partial charge in [0, 0.05) is 18.4 Å². The van der Waals surface area contributed by atoms with Gasteiger partial charge in [0.25, 0.3) is 5.91 Å². The number of carbonyl (C=O) groups is 2. The van der Waals surface area contributed by atoms with Gasteiger partial charge in [-0.3, -0.25) is 9.59 Å². The second-order valence-corrected chi connectivity index (χ2v) is 5.56. The third kappa shape index (κ3) is 5.70. The maximum atomic E-state index is 12.1. The molecule has 1 heterocycles. The number of hydrogen-bond donors (Lipinski definition) is 2. The van der Waals surface area contributed by atoms with E-state index in [1.54, 1.807) is 6.07 Å². The number of para-hydroxylation sites is 1. The van der Waals surface area contributed by atoms with E-state index in [0.29, 0.717) is 12.2 Å². The van der Waals surface area contributed by atoms with Gasteiger partial charge in [0.05, 0.1) is 5.52 Å². The van der Waals surface area contributed by atoms with Gasteiger partial charge in [-0.25, -0.2) is 4.98 Å². The second kappa shape index (κ2) is 8.88. The Kier molecular flexibility index (Phi) is 6.54. The molecule has 0 atom stereocenters. The van der Waals surface area contributed by atoms with Crippen molar-refractivity contribution in [3.05, 3.63) is 42.1 Å². The van der Waals surface area contributed by atoms with Crippen LogP contribution in [0.3, 0.4) is 0 Å². The molecule has 0 saturated heterocycles. The summed E-state index contributed by atoms with van der Waals surface area (Å²) in [6.07, 6.45) is 4.77. The number of nitrogens with zero attached hydrogens (tertiary/aromatic N) is 1. The maximum Gasteiger partial charge on any atom is 0.303 e. The highest BCUT2D eigenvalue weighted by Gasteiger charge is 2.07. The van der Waals surface area contributed by atoms with Crippen LogP contribution in [0.25, 0.3) is 10.9 Å². The van der Waals surface area contributed by atoms with Crippen molar-refractivity contribution in [1.82, 2.24) is 10.3 Å². The molecule has 0 spiro atoms. The Balaban J connectivity index is 1.67. The molecule has 0 fully saturated rings. The molecule has 0 aliphatic carbocycles. The number of pyridine rings is 1. The Hall–Kier alpha value is -2.43. The van der Waals surface area contributed by atoms with Gasteiger partial charge >= 0.3 is 5.97 Å². The van der Waals surface area contributed by atoms with Crippen LogP contribution in [-0.4, -0.2) is 28.5 Å². The third-order valence-electron chi connectivity index (χ3n) is 3.68. The average Bonchev–Trinajstić information content (AvgIpc) is 2.56. The average molecular weight is 314 g/mol. The van der Waals surface area contributed by atoms with Crippen molar-refractivity contribution in [2.24, 2.45) is 0 Å². The van der Waals surface area contributed by atoms with Crippen LogP contribution in [0.15, 0.2) is 36.4 Å². The molecule has 0 aliphatic rings. The monoisotopic (exact) mass is 314 g/mol. The zero-order chi connectivity index (χ0) is 16.5. The standard InChI is InChI=1S/C18H22N2O3/c21-17(22)10-4-2-1-3-7-13-19-18(23)16-12-11-14-8-5-6-9-15(14)20-16/h5-6,8-9,11-12H,1-4,7,10,13H2,(H,19,23)(H,21,22). The molecule has 1 aromatic carbocycles. The van der Waals surface area contributed by atoms with Gasteiger partial charge < -0.3 is 10.4 Å². The van der Waals surface area contributed by atoms with E-state index in [2.05, 4.69) is 10.3 Å². The first-order chi connectivity index (χ1) is 11.2. The Morgan fingerprint density at radius 1 is 0.957 bits per heavy atom. The minimum Gasteiger partial charge on any atom is -0.481 e. The van der Waals surface area contributed by atoms with Gasteiger partial charge in [-0.05, 0) is 25.0 Å². The van der Waals surface area contributed by atoms with Crippen molar-refractivity contribution < 1.29 is 14.7 Å². The molecule has 0 aliphatic heterocycles. The molecule has 2 rings (SSSR count). The van der Waals surface area contributed by atoms with E-state index in [1.165, 1.54) is 0 Å². The fourth-order valence-electron chi connectivity index (χ4n) is 2.42. The molecular weight excluding hydrogens is 292 g/mol. The smallest absolute Gasteiger partial charge is 0.303 e. The highest BCUT2D eigenvalue weighted by molar-refractivity contribution is 5.94. The molecule has 5 nitrogen and oxygen atoms in total. The lowest BCUT2D eigenvalue weighted by atomic mass is 10.1. The highest BCUT2D eigenvalue weighted by atomic mass is 16.4. The molecule has 1 amide bonds. The first-order valence-electron chi connectivity index (χ1n) is 8.02. The van der Waals surface area contributed by atoms with Crippen LogP contribution in [0.2, 0.25) is 0 Å². The Bertz CT molecular complexity index is 670. The zero-order valence-corrected chi connectivity index (χ0v) is 13.1. The highest BCUT2D eigenvalue weighted by Crippen LogP contribution is 2.11. The van der Waals surface area contributed by atoms with Crippen LogP contribution in [0.1, 0.15) is 49.0 Å². The summed E-state index contributed by atoms with van der Waals surface area (Å²) in [5.74, 6) is -0.887. The Morgan fingerprint density at radius 3 is 2.52 bits per heavy atom. The Labute approximate surface area is 135 Å². The van der Waals surface area contributed by atoms with Gasteiger partial charge in [-0.1, -0.05) is 43.5 Å². The number of unbranched alkanes of at least 4 members (excludes halogenated alkanes) is 4. The number of amides is 1. The number of nitrogens with one attached hydrogen (secondary N) is 1. The predicted molar refractivity (Wildman–Crippen MR) is 89.4 cm³/mol. The van der Waals surface area contributed by atoms with Gasteiger partial charge in [-0.2, -0.15) is 0 Å². The molecule has 2 N–H and O–H groups in total. The lowest BCUT2D eigenvalue weighted by molar-refractivity contribution is -0.137. The van der Waals surface area contributed by atoms with Crippen LogP contribution in [0.4, 0.5) is 0 Å². The minimum atomic E-state index is -0.736. The summed E-state index contributed by atoms with van der Waals surface area (Å²) >= 11 is 0. The van der Waals surface area contributed by atoms with Crippen molar-refractivity contribution in [2.45, 2.75) is 38.5 Å². The fraction of sp³-hybridized carbons (Fsp3) is 0.389. The number of aliphatic carboxylic acids is 1. The summed E-state index contributed by atoms with van der Waals surface area (Å²) < 4.78 is 0. The lowest BCUT2D eigenvalue weighted by Crippen LogP contribution is -2.25. The number of aromatic nitrogens is 1. The molecule has 0 bridgehead atoms. The third-order valence-corrected chi connectivity index (χ3v) is 3.68. The first kappa shape index (κ1) is 16.9. The lowest BCUT2D eigenvalue weighted by Gasteiger charge is -2.05. The number of carboxylic acids is 1. The van der Waals surface area contributed by atoms with Crippen LogP contribution in [0, 0.1) is 0 Å². The summed E-state index contributed by atoms with van der Waals surface area (Å²) in [4.78, 5) is 26.8. The molecule has 23 heavy (non-hydrogen) atoms. The maximum absolute atomic E-state index is 12.1. The van der Waals surface area contributed by atoms with E-state index in [-0.39, 0.29) is 12.3 Å². The van der Waals surface area contributed by atoms with Gasteiger partial charge in [-0.15, -0.1) is 0 Å². The summed E-state index contributed by atoms with van der Waals surface area (Å²) in [7, 11) is 0. The summed E-state index contributed by atoms with van der Waals surface area (Å²) in [5, 5.41) is 12.4. The second-order valence-electron chi connectivity index (χ2n) is 5.56. The molecule has 0 unspecified atom stereocenters. The van der Waals surface area contributed by atoms with E-state index in [1.807, 2.05) is 30.3 Å². The molecule has 5 heteroatoms. The number of fused-ring (bicyclic) bond motifs is 1. The van der Waals surface area contributed by atoms with Gasteiger partial charge in [0.15, 0.2) is 0 Å². The largest absolute Gasteiger partial charge is 0.481 e. The van der Waals surface area contributed by atoms with Gasteiger partial charge in [0.1, 0.15) is 5.69 Å². The van der Waals surface area contributed by atoms with Crippen molar-refractivity contribution in [2.75, 3.05) is 6.54 Å². The summed E-state index contributed by atoms with van der Waals surface area (Å²) in [6, 6.07) is 11.3. The fourth-order valence-corrected chi connectivity index (χ4v) is 2.42. The van der Waals surface area contributed by atoms with Crippen LogP contribution in [0.5, 0.6) is 0 Å². The van der Waals surface area contributed by atoms with Crippen molar-refractivity contribution >= 4 is 22.8 Å². The number of benzene rings is 1. The molecule has 122 valence electrons. The van der Waals surface area contributed by atoms with Crippen molar-refractivity contribution in [3.8, 4) is 0 Å². The summed E-state index contributed by atoms with van der Waals surface area (Å²) in [5.41, 5.74) is 1.25. The van der Waals surface area contributed by atoms with Crippen LogP contribution < -0.4 is 5.32 Å². The van der Waals surface area contributed by atoms with E-state index in [0.717, 1.165) is 43.0 Å². The normalized spacial score (nSPS) is 10.6. The minimum absolute atomic E-state index is 0.151. The van der Waals surface area contributed by atoms with Crippen molar-refractivity contribution in [3.63, 3.8) is 0 Å². The van der Waals surface area contributed by atoms with E-state index in [4.69, 9.17) is 5.11 Å². The predicted octanol–water partition coefficient (Wildman–Crippen LogP) is 3.39. The van der Waals surface area contributed by atoms with Crippen molar-refractivity contribution in [1.29, 1.82) is 0 Å². The number of carbonyl (C=O) groups excluding carboxylic acids is 1. The van der Waals surface area contributed by atoms with E-state index in [9.17, 15) is 9.59 Å². The first-order valence-corrected chi connectivity index (χ1v) is 8.02. The SMILES string of the molecule is O=C(O)CCCCCCCNC(=O)c1ccc2ccccc2n1. The quantitative estimate of drug-likeness (QED) is 0.695. The van der Waals surface area contributed by atoms with Crippen LogP contribution >= 0.6 is 0 Å².